The smallest absolute Gasteiger partial charge is 0.462 e. The van der Waals surface area contributed by atoms with Crippen molar-refractivity contribution in [1.82, 2.24) is 0 Å². The van der Waals surface area contributed by atoms with Crippen molar-refractivity contribution in [2.45, 2.75) is 174 Å². The van der Waals surface area contributed by atoms with Crippen LogP contribution in [0.3, 0.4) is 0 Å². The van der Waals surface area contributed by atoms with Crippen molar-refractivity contribution in [3.63, 3.8) is 0 Å². The average Bonchev–Trinajstić information content (AvgIpc) is 3.08. The van der Waals surface area contributed by atoms with Crippen LogP contribution in [0.2, 0.25) is 0 Å². The average molecular weight is 723 g/mol. The quantitative estimate of drug-likeness (QED) is 0.0287. The Labute approximate surface area is 305 Å². The first kappa shape index (κ1) is 47.8. The topological polar surface area (TPSA) is 119 Å². The van der Waals surface area contributed by atoms with Gasteiger partial charge in [0.2, 0.25) is 0 Å². The van der Waals surface area contributed by atoms with Crippen LogP contribution < -0.4 is 0 Å². The zero-order chi connectivity index (χ0) is 36.8. The third-order valence-corrected chi connectivity index (χ3v) is 8.59. The third kappa shape index (κ3) is 38.6. The molecule has 9 heteroatoms. The lowest BCUT2D eigenvalue weighted by molar-refractivity contribution is -0.161. The number of esters is 2. The van der Waals surface area contributed by atoms with E-state index in [-0.39, 0.29) is 19.4 Å². The molecule has 1 atom stereocenters. The zero-order valence-corrected chi connectivity index (χ0v) is 32.4. The van der Waals surface area contributed by atoms with Crippen LogP contribution in [0.25, 0.3) is 0 Å². The number of hydrogen-bond acceptors (Lipinski definition) is 6. The van der Waals surface area contributed by atoms with E-state index in [1.807, 2.05) is 18.2 Å². The maximum Gasteiger partial charge on any atom is 0.469 e. The summed E-state index contributed by atoms with van der Waals surface area (Å²) in [4.78, 5) is 42.7. The van der Waals surface area contributed by atoms with E-state index in [1.54, 1.807) is 0 Å². The molecule has 0 rings (SSSR count). The van der Waals surface area contributed by atoms with Crippen LogP contribution in [0.4, 0.5) is 0 Å². The molecule has 0 heterocycles. The van der Waals surface area contributed by atoms with Gasteiger partial charge in [-0.2, -0.15) is 0 Å². The summed E-state index contributed by atoms with van der Waals surface area (Å²) < 4.78 is 26.3. The molecule has 0 fully saturated rings. The first-order valence-corrected chi connectivity index (χ1v) is 21.2. The van der Waals surface area contributed by atoms with Gasteiger partial charge in [0.15, 0.2) is 6.10 Å². The minimum atomic E-state index is -4.76. The summed E-state index contributed by atoms with van der Waals surface area (Å²) in [7, 11) is -4.76. The molecule has 50 heavy (non-hydrogen) atoms. The molecule has 0 aliphatic carbocycles. The standard InChI is InChI=1S/C41H71O8P/c1-3-5-7-9-11-13-15-17-18-19-20-21-22-24-25-27-29-31-33-35-40(42)47-37-39(38-48-50(44,45)46)49-41(43)36-34-32-30-28-26-23-16-14-12-10-8-6-4-2/h6,8,10-17,39H,3-5,7,9,18-38H2,1-2H3,(H2,44,45,46)/b8-6+,12-10+,13-11+,16-14+,17-15+. The van der Waals surface area contributed by atoms with E-state index in [9.17, 15) is 14.2 Å². The summed E-state index contributed by atoms with van der Waals surface area (Å²) in [6.45, 7) is 3.49. The predicted molar refractivity (Wildman–Crippen MR) is 207 cm³/mol. The second kappa shape index (κ2) is 36.5. The maximum absolute atomic E-state index is 12.3. The Balaban J connectivity index is 3.95. The van der Waals surface area contributed by atoms with E-state index in [1.165, 1.54) is 64.2 Å². The van der Waals surface area contributed by atoms with Crippen LogP contribution in [0.15, 0.2) is 60.8 Å². The minimum absolute atomic E-state index is 0.186. The molecular formula is C41H71O8P. The molecular weight excluding hydrogens is 651 g/mol. The van der Waals surface area contributed by atoms with Crippen molar-refractivity contribution >= 4 is 19.8 Å². The Kier molecular flexibility index (Phi) is 34.9. The van der Waals surface area contributed by atoms with E-state index in [0.717, 1.165) is 64.2 Å². The molecule has 0 spiro atoms. The number of unbranched alkanes of at least 4 members (excludes halogenated alkanes) is 18. The van der Waals surface area contributed by atoms with E-state index < -0.39 is 32.5 Å². The van der Waals surface area contributed by atoms with Crippen LogP contribution in [0.1, 0.15) is 168 Å². The summed E-state index contributed by atoms with van der Waals surface area (Å²) in [6.07, 6.45) is 45.1. The third-order valence-electron chi connectivity index (χ3n) is 8.11. The van der Waals surface area contributed by atoms with E-state index in [4.69, 9.17) is 19.3 Å². The Morgan fingerprint density at radius 2 is 0.960 bits per heavy atom. The van der Waals surface area contributed by atoms with Gasteiger partial charge in [0.25, 0.3) is 0 Å². The van der Waals surface area contributed by atoms with Gasteiger partial charge in [-0.25, -0.2) is 4.57 Å². The lowest BCUT2D eigenvalue weighted by Crippen LogP contribution is -2.29. The second-order valence-corrected chi connectivity index (χ2v) is 14.2. The fraction of sp³-hybridized carbons (Fsp3) is 0.707. The van der Waals surface area contributed by atoms with Gasteiger partial charge in [-0.3, -0.25) is 14.1 Å². The molecule has 288 valence electrons. The van der Waals surface area contributed by atoms with Crippen molar-refractivity contribution < 1.29 is 37.9 Å². The van der Waals surface area contributed by atoms with Gasteiger partial charge in [-0.1, -0.05) is 158 Å². The molecule has 0 aliphatic heterocycles. The van der Waals surface area contributed by atoms with Gasteiger partial charge in [-0.15, -0.1) is 0 Å². The molecule has 0 aromatic carbocycles. The molecule has 0 aliphatic rings. The molecule has 0 radical (unpaired) electrons. The van der Waals surface area contributed by atoms with Gasteiger partial charge in [-0.05, 0) is 57.8 Å². The van der Waals surface area contributed by atoms with Crippen molar-refractivity contribution in [3.8, 4) is 0 Å². The normalized spacial score (nSPS) is 13.1. The highest BCUT2D eigenvalue weighted by Gasteiger charge is 2.22. The monoisotopic (exact) mass is 722 g/mol. The molecule has 0 aromatic rings. The molecule has 1 unspecified atom stereocenters. The molecule has 0 saturated carbocycles. The number of allylic oxidation sites excluding steroid dienone is 10. The lowest BCUT2D eigenvalue weighted by atomic mass is 10.1. The Bertz CT molecular complexity index is 995. The minimum Gasteiger partial charge on any atom is -0.462 e. The van der Waals surface area contributed by atoms with E-state index in [0.29, 0.717) is 12.8 Å². The number of ether oxygens (including phenoxy) is 2. The highest BCUT2D eigenvalue weighted by atomic mass is 31.2. The molecule has 0 aromatic heterocycles. The summed E-state index contributed by atoms with van der Waals surface area (Å²) in [6, 6.07) is 0. The molecule has 2 N–H and O–H groups in total. The van der Waals surface area contributed by atoms with Crippen LogP contribution in [-0.2, 0) is 28.2 Å². The fourth-order valence-corrected chi connectivity index (χ4v) is 5.55. The number of carbonyl (C=O) groups is 2. The van der Waals surface area contributed by atoms with Crippen LogP contribution in [0, 0.1) is 0 Å². The van der Waals surface area contributed by atoms with Crippen molar-refractivity contribution in [2.75, 3.05) is 13.2 Å². The largest absolute Gasteiger partial charge is 0.469 e. The number of rotatable bonds is 35. The van der Waals surface area contributed by atoms with Crippen LogP contribution >= 0.6 is 7.82 Å². The molecule has 0 bridgehead atoms. The molecule has 0 saturated heterocycles. The highest BCUT2D eigenvalue weighted by Crippen LogP contribution is 2.36. The second-order valence-electron chi connectivity index (χ2n) is 13.0. The molecule has 0 amide bonds. The number of phosphoric acid groups is 1. The molecule has 8 nitrogen and oxygen atoms in total. The predicted octanol–water partition coefficient (Wildman–Crippen LogP) is 11.7. The van der Waals surface area contributed by atoms with Gasteiger partial charge < -0.3 is 19.3 Å². The van der Waals surface area contributed by atoms with Crippen LogP contribution in [0.5, 0.6) is 0 Å². The Hall–Kier alpha value is -2.25. The first-order chi connectivity index (χ1) is 24.3. The van der Waals surface area contributed by atoms with E-state index in [2.05, 4.69) is 60.9 Å². The first-order valence-electron chi connectivity index (χ1n) is 19.6. The van der Waals surface area contributed by atoms with Crippen LogP contribution in [-0.4, -0.2) is 41.0 Å². The highest BCUT2D eigenvalue weighted by molar-refractivity contribution is 7.46. The number of hydrogen-bond donors (Lipinski definition) is 2. The van der Waals surface area contributed by atoms with Crippen molar-refractivity contribution in [1.29, 1.82) is 0 Å². The van der Waals surface area contributed by atoms with Gasteiger partial charge in [0, 0.05) is 12.8 Å². The maximum atomic E-state index is 12.3. The van der Waals surface area contributed by atoms with Gasteiger partial charge in [0.05, 0.1) is 6.61 Å². The van der Waals surface area contributed by atoms with Gasteiger partial charge >= 0.3 is 19.8 Å². The SMILES string of the molecule is CC/C=C/C=C/C=C/CCCCCCCC(=O)OC(COC(=O)CCCCCCCCCCCC/C=C/C=C/CCCCC)COP(=O)(O)O. The summed E-state index contributed by atoms with van der Waals surface area (Å²) in [5.74, 6) is -0.917. The van der Waals surface area contributed by atoms with Gasteiger partial charge in [0.1, 0.15) is 6.61 Å². The van der Waals surface area contributed by atoms with Crippen molar-refractivity contribution in [3.05, 3.63) is 60.8 Å². The van der Waals surface area contributed by atoms with Crippen molar-refractivity contribution in [2.24, 2.45) is 0 Å². The summed E-state index contributed by atoms with van der Waals surface area (Å²) in [5, 5.41) is 0. The summed E-state index contributed by atoms with van der Waals surface area (Å²) in [5.41, 5.74) is 0. The number of phosphoric ester groups is 1. The zero-order valence-electron chi connectivity index (χ0n) is 31.5. The Morgan fingerprint density at radius 3 is 1.44 bits per heavy atom. The van der Waals surface area contributed by atoms with E-state index >= 15 is 0 Å². The lowest BCUT2D eigenvalue weighted by Gasteiger charge is -2.18. The number of carbonyl (C=O) groups excluding carboxylic acids is 2. The summed E-state index contributed by atoms with van der Waals surface area (Å²) >= 11 is 0. The fourth-order valence-electron chi connectivity index (χ4n) is 5.19. The Morgan fingerprint density at radius 1 is 0.540 bits per heavy atom.